The number of hydrogen-bond donors (Lipinski definition) is 1. The summed E-state index contributed by atoms with van der Waals surface area (Å²) in [4.78, 5) is 11.1. The minimum Gasteiger partial charge on any atom is -0.497 e. The minimum absolute atomic E-state index is 0.0168. The van der Waals surface area contributed by atoms with Crippen LogP contribution in [0.15, 0.2) is 60.7 Å². The highest BCUT2D eigenvalue weighted by atomic mass is 19.1. The van der Waals surface area contributed by atoms with Crippen molar-refractivity contribution in [1.82, 2.24) is 0 Å². The van der Waals surface area contributed by atoms with Crippen molar-refractivity contribution in [2.75, 3.05) is 7.11 Å². The van der Waals surface area contributed by atoms with Crippen LogP contribution in [0.4, 0.5) is 4.39 Å². The Morgan fingerprint density at radius 1 is 0.971 bits per heavy atom. The predicted octanol–water partition coefficient (Wildman–Crippen LogP) is 7.35. The molecule has 0 aliphatic rings. The number of methoxy groups -OCH3 is 1. The molecule has 0 bridgehead atoms. The molecule has 0 heterocycles. The summed E-state index contributed by atoms with van der Waals surface area (Å²) in [6, 6.07) is 18.4. The zero-order valence-corrected chi connectivity index (χ0v) is 20.5. The van der Waals surface area contributed by atoms with Crippen molar-refractivity contribution in [3.05, 3.63) is 83.2 Å². The van der Waals surface area contributed by atoms with E-state index in [1.165, 1.54) is 6.07 Å². The lowest BCUT2D eigenvalue weighted by Gasteiger charge is -2.24. The van der Waals surface area contributed by atoms with Gasteiger partial charge in [0.15, 0.2) is 0 Å². The van der Waals surface area contributed by atoms with Crippen molar-refractivity contribution in [3.63, 3.8) is 0 Å². The van der Waals surface area contributed by atoms with Gasteiger partial charge >= 0.3 is 5.97 Å². The summed E-state index contributed by atoms with van der Waals surface area (Å²) in [5, 5.41) is 9.11. The van der Waals surface area contributed by atoms with Crippen molar-refractivity contribution >= 4 is 5.97 Å². The molecule has 0 aliphatic carbocycles. The van der Waals surface area contributed by atoms with E-state index >= 15 is 0 Å². The van der Waals surface area contributed by atoms with Crippen molar-refractivity contribution in [1.29, 1.82) is 0 Å². The number of ether oxygens (including phenoxy) is 2. The Bertz CT molecular complexity index is 1130. The number of halogens is 1. The summed E-state index contributed by atoms with van der Waals surface area (Å²) in [5.74, 6) is 0.187. The molecule has 0 fully saturated rings. The number of carboxylic acid groups (broad SMARTS) is 1. The van der Waals surface area contributed by atoms with Gasteiger partial charge in [0.25, 0.3) is 0 Å². The normalized spacial score (nSPS) is 12.3. The Morgan fingerprint density at radius 2 is 1.65 bits per heavy atom. The third-order valence-electron chi connectivity index (χ3n) is 6.03. The lowest BCUT2D eigenvalue weighted by atomic mass is 9.81. The molecule has 180 valence electrons. The molecule has 0 radical (unpaired) electrons. The van der Waals surface area contributed by atoms with Crippen LogP contribution in [-0.2, 0) is 16.8 Å². The van der Waals surface area contributed by atoms with Gasteiger partial charge in [0, 0.05) is 5.56 Å². The van der Waals surface area contributed by atoms with Gasteiger partial charge in [-0.2, -0.15) is 0 Å². The van der Waals surface area contributed by atoms with Gasteiger partial charge in [-0.3, -0.25) is 4.79 Å². The van der Waals surface area contributed by atoms with Crippen LogP contribution < -0.4 is 9.47 Å². The lowest BCUT2D eigenvalue weighted by Crippen LogP contribution is -2.13. The summed E-state index contributed by atoms with van der Waals surface area (Å²) in [5.41, 5.74) is 4.09. The van der Waals surface area contributed by atoms with Gasteiger partial charge in [0.1, 0.15) is 23.9 Å². The number of carboxylic acids is 1. The number of aliphatic carboxylic acids is 1. The zero-order chi connectivity index (χ0) is 24.9. The van der Waals surface area contributed by atoms with Gasteiger partial charge in [-0.15, -0.1) is 0 Å². The molecule has 3 aromatic rings. The molecule has 3 aromatic carbocycles. The van der Waals surface area contributed by atoms with Gasteiger partial charge in [-0.1, -0.05) is 52.0 Å². The molecular weight excluding hydrogens is 431 g/mol. The van der Waals surface area contributed by atoms with E-state index in [-0.39, 0.29) is 23.6 Å². The van der Waals surface area contributed by atoms with Gasteiger partial charge < -0.3 is 14.6 Å². The van der Waals surface area contributed by atoms with Gasteiger partial charge in [0.05, 0.1) is 13.5 Å². The van der Waals surface area contributed by atoms with Crippen molar-refractivity contribution in [3.8, 4) is 22.6 Å². The van der Waals surface area contributed by atoms with Crippen LogP contribution >= 0.6 is 0 Å². The minimum atomic E-state index is -0.797. The quantitative estimate of drug-likeness (QED) is 0.360. The van der Waals surface area contributed by atoms with Gasteiger partial charge in [0.2, 0.25) is 0 Å². The second-order valence-electron chi connectivity index (χ2n) is 9.54. The fourth-order valence-corrected chi connectivity index (χ4v) is 4.11. The molecule has 0 saturated heterocycles. The SMILES string of the molecule is CC[C@H](CC(=O)O)c1ccc(OCc2ccc(C(C)(C)C)c(-c3cc(OC)ccc3F)c2)cc1. The number of rotatable bonds is 9. The van der Waals surface area contributed by atoms with Crippen molar-refractivity contribution in [2.45, 2.75) is 58.5 Å². The molecule has 0 aromatic heterocycles. The molecule has 1 atom stereocenters. The smallest absolute Gasteiger partial charge is 0.303 e. The topological polar surface area (TPSA) is 55.8 Å². The van der Waals surface area contributed by atoms with E-state index in [9.17, 15) is 9.18 Å². The molecule has 0 saturated carbocycles. The van der Waals surface area contributed by atoms with Crippen LogP contribution in [0.1, 0.15) is 63.1 Å². The number of hydrogen-bond acceptors (Lipinski definition) is 3. The number of benzene rings is 3. The first-order valence-electron chi connectivity index (χ1n) is 11.5. The van der Waals surface area contributed by atoms with E-state index in [2.05, 4.69) is 20.8 Å². The molecule has 5 heteroatoms. The average molecular weight is 465 g/mol. The van der Waals surface area contributed by atoms with Crippen LogP contribution in [0.25, 0.3) is 11.1 Å². The lowest BCUT2D eigenvalue weighted by molar-refractivity contribution is -0.137. The fourth-order valence-electron chi connectivity index (χ4n) is 4.11. The largest absolute Gasteiger partial charge is 0.497 e. The van der Waals surface area contributed by atoms with Crippen molar-refractivity contribution < 1.29 is 23.8 Å². The Labute approximate surface area is 201 Å². The van der Waals surface area contributed by atoms with E-state index in [4.69, 9.17) is 14.6 Å². The maximum absolute atomic E-state index is 14.8. The first-order chi connectivity index (χ1) is 16.1. The van der Waals surface area contributed by atoms with Crippen LogP contribution in [0.5, 0.6) is 11.5 Å². The Kier molecular flexibility index (Phi) is 7.98. The molecule has 3 rings (SSSR count). The highest BCUT2D eigenvalue weighted by molar-refractivity contribution is 5.71. The van der Waals surface area contributed by atoms with E-state index < -0.39 is 5.97 Å². The second-order valence-corrected chi connectivity index (χ2v) is 9.54. The summed E-state index contributed by atoms with van der Waals surface area (Å²) in [7, 11) is 1.57. The van der Waals surface area contributed by atoms with E-state index in [1.807, 2.05) is 49.4 Å². The Morgan fingerprint density at radius 3 is 2.24 bits per heavy atom. The molecule has 0 aliphatic heterocycles. The molecule has 1 N–H and O–H groups in total. The standard InChI is InChI=1S/C29H33FO4/c1-6-20(16-28(31)32)21-8-10-22(11-9-21)34-18-19-7-13-26(29(2,3)4)24(15-19)25-17-23(33-5)12-14-27(25)30/h7-15,17,20H,6,16,18H2,1-5H3,(H,31,32)/t20-/m1/s1. The summed E-state index contributed by atoms with van der Waals surface area (Å²) >= 11 is 0. The number of carbonyl (C=O) groups is 1. The summed E-state index contributed by atoms with van der Waals surface area (Å²) in [6.07, 6.45) is 0.872. The Hall–Kier alpha value is -3.34. The predicted molar refractivity (Wildman–Crippen MR) is 133 cm³/mol. The Balaban J connectivity index is 1.85. The summed E-state index contributed by atoms with van der Waals surface area (Å²) < 4.78 is 26.2. The third kappa shape index (κ3) is 6.16. The molecule has 34 heavy (non-hydrogen) atoms. The van der Waals surface area contributed by atoms with Crippen LogP contribution in [-0.4, -0.2) is 18.2 Å². The van der Waals surface area contributed by atoms with E-state index in [0.717, 1.165) is 28.7 Å². The molecule has 4 nitrogen and oxygen atoms in total. The molecular formula is C29H33FO4. The fraction of sp³-hybridized carbons (Fsp3) is 0.345. The maximum atomic E-state index is 14.8. The highest BCUT2D eigenvalue weighted by Crippen LogP contribution is 2.37. The monoisotopic (exact) mass is 464 g/mol. The molecule has 0 amide bonds. The van der Waals surface area contributed by atoms with E-state index in [1.54, 1.807) is 19.2 Å². The third-order valence-corrected chi connectivity index (χ3v) is 6.03. The van der Waals surface area contributed by atoms with Crippen LogP contribution in [0.3, 0.4) is 0 Å². The highest BCUT2D eigenvalue weighted by Gasteiger charge is 2.21. The molecule has 0 unspecified atom stereocenters. The van der Waals surface area contributed by atoms with E-state index in [0.29, 0.717) is 23.7 Å². The second kappa shape index (κ2) is 10.7. The zero-order valence-electron chi connectivity index (χ0n) is 20.5. The molecule has 0 spiro atoms. The first kappa shape index (κ1) is 25.3. The van der Waals surface area contributed by atoms with Crippen LogP contribution in [0.2, 0.25) is 0 Å². The maximum Gasteiger partial charge on any atom is 0.303 e. The van der Waals surface area contributed by atoms with Gasteiger partial charge in [-0.25, -0.2) is 4.39 Å². The summed E-state index contributed by atoms with van der Waals surface area (Å²) in [6.45, 7) is 8.64. The van der Waals surface area contributed by atoms with Crippen molar-refractivity contribution in [2.24, 2.45) is 0 Å². The van der Waals surface area contributed by atoms with Crippen LogP contribution in [0, 0.1) is 5.82 Å². The van der Waals surface area contributed by atoms with Gasteiger partial charge in [-0.05, 0) is 76.4 Å². The average Bonchev–Trinajstić information content (AvgIpc) is 2.81. The first-order valence-corrected chi connectivity index (χ1v) is 11.5.